The fourth-order valence-corrected chi connectivity index (χ4v) is 1.29. The summed E-state index contributed by atoms with van der Waals surface area (Å²) >= 11 is 0. The number of aromatic nitrogens is 2. The highest BCUT2D eigenvalue weighted by Crippen LogP contribution is 2.19. The van der Waals surface area contributed by atoms with E-state index in [0.717, 1.165) is 6.42 Å². The third kappa shape index (κ3) is 3.58. The number of aromatic carboxylic acids is 1. The SMILES string of the molecule is CCC(C)(C)C(=O)NCCn1cnc(C(=O)O)c1. The fraction of sp³-hybridized carbons (Fsp3) is 0.583. The van der Waals surface area contributed by atoms with E-state index >= 15 is 0 Å². The topological polar surface area (TPSA) is 84.2 Å². The van der Waals surface area contributed by atoms with E-state index in [2.05, 4.69) is 10.3 Å². The Morgan fingerprint density at radius 2 is 2.17 bits per heavy atom. The number of nitrogens with zero attached hydrogens (tertiary/aromatic N) is 2. The predicted molar refractivity (Wildman–Crippen MR) is 66.3 cm³/mol. The van der Waals surface area contributed by atoms with Crippen molar-refractivity contribution in [1.82, 2.24) is 14.9 Å². The molecule has 2 N–H and O–H groups in total. The van der Waals surface area contributed by atoms with Gasteiger partial charge in [0.15, 0.2) is 5.69 Å². The molecule has 0 saturated heterocycles. The van der Waals surface area contributed by atoms with Crippen LogP contribution < -0.4 is 5.32 Å². The van der Waals surface area contributed by atoms with Gasteiger partial charge in [-0.1, -0.05) is 20.8 Å². The number of carboxylic acids is 1. The van der Waals surface area contributed by atoms with Gasteiger partial charge in [-0.15, -0.1) is 0 Å². The summed E-state index contributed by atoms with van der Waals surface area (Å²) in [4.78, 5) is 26.1. The van der Waals surface area contributed by atoms with Crippen molar-refractivity contribution in [1.29, 1.82) is 0 Å². The molecule has 1 aromatic rings. The zero-order chi connectivity index (χ0) is 13.8. The molecule has 1 rings (SSSR count). The van der Waals surface area contributed by atoms with Crippen molar-refractivity contribution in [3.05, 3.63) is 18.2 Å². The summed E-state index contributed by atoms with van der Waals surface area (Å²) in [6.45, 7) is 6.71. The first-order valence-corrected chi connectivity index (χ1v) is 5.90. The van der Waals surface area contributed by atoms with Crippen LogP contribution in [0.2, 0.25) is 0 Å². The van der Waals surface area contributed by atoms with E-state index in [4.69, 9.17) is 5.11 Å². The van der Waals surface area contributed by atoms with Crippen LogP contribution in [0, 0.1) is 5.41 Å². The van der Waals surface area contributed by atoms with Crippen molar-refractivity contribution in [2.45, 2.75) is 33.7 Å². The van der Waals surface area contributed by atoms with Crippen molar-refractivity contribution < 1.29 is 14.7 Å². The smallest absolute Gasteiger partial charge is 0.356 e. The largest absolute Gasteiger partial charge is 0.476 e. The number of carbonyl (C=O) groups excluding carboxylic acids is 1. The molecule has 0 aromatic carbocycles. The summed E-state index contributed by atoms with van der Waals surface area (Å²) in [7, 11) is 0. The molecular weight excluding hydrogens is 234 g/mol. The van der Waals surface area contributed by atoms with E-state index in [-0.39, 0.29) is 17.0 Å². The van der Waals surface area contributed by atoms with Gasteiger partial charge in [0.25, 0.3) is 0 Å². The summed E-state index contributed by atoms with van der Waals surface area (Å²) in [6.07, 6.45) is 3.66. The number of amides is 1. The van der Waals surface area contributed by atoms with Crippen LogP contribution in [0.25, 0.3) is 0 Å². The van der Waals surface area contributed by atoms with Crippen LogP contribution in [-0.4, -0.2) is 33.1 Å². The molecule has 0 bridgehead atoms. The van der Waals surface area contributed by atoms with Crippen molar-refractivity contribution in [2.24, 2.45) is 5.41 Å². The first-order valence-electron chi connectivity index (χ1n) is 5.90. The van der Waals surface area contributed by atoms with E-state index in [0.29, 0.717) is 13.1 Å². The van der Waals surface area contributed by atoms with Gasteiger partial charge in [-0.2, -0.15) is 0 Å². The molecule has 1 heterocycles. The minimum Gasteiger partial charge on any atom is -0.476 e. The van der Waals surface area contributed by atoms with Crippen LogP contribution in [0.4, 0.5) is 0 Å². The molecule has 0 aliphatic rings. The molecule has 0 aliphatic heterocycles. The summed E-state index contributed by atoms with van der Waals surface area (Å²) in [5, 5.41) is 11.5. The number of rotatable bonds is 6. The Hall–Kier alpha value is -1.85. The van der Waals surface area contributed by atoms with Crippen LogP contribution >= 0.6 is 0 Å². The molecule has 18 heavy (non-hydrogen) atoms. The molecule has 0 unspecified atom stereocenters. The van der Waals surface area contributed by atoms with Crippen molar-refractivity contribution in [2.75, 3.05) is 6.54 Å². The summed E-state index contributed by atoms with van der Waals surface area (Å²) in [5.41, 5.74) is -0.364. The molecule has 0 fully saturated rings. The minimum absolute atomic E-state index is 0.00331. The third-order valence-electron chi connectivity index (χ3n) is 3.01. The quantitative estimate of drug-likeness (QED) is 0.796. The number of carbonyl (C=O) groups is 2. The van der Waals surface area contributed by atoms with E-state index < -0.39 is 5.97 Å². The number of hydrogen-bond donors (Lipinski definition) is 2. The van der Waals surface area contributed by atoms with E-state index in [1.54, 1.807) is 4.57 Å². The third-order valence-corrected chi connectivity index (χ3v) is 3.01. The van der Waals surface area contributed by atoms with Crippen LogP contribution in [0.3, 0.4) is 0 Å². The van der Waals surface area contributed by atoms with Crippen LogP contribution in [0.5, 0.6) is 0 Å². The highest BCUT2D eigenvalue weighted by molar-refractivity contribution is 5.84. The maximum atomic E-state index is 11.8. The van der Waals surface area contributed by atoms with Crippen LogP contribution in [-0.2, 0) is 11.3 Å². The Labute approximate surface area is 106 Å². The van der Waals surface area contributed by atoms with Gasteiger partial charge in [-0.05, 0) is 6.42 Å². The van der Waals surface area contributed by atoms with E-state index in [1.807, 2.05) is 20.8 Å². The van der Waals surface area contributed by atoms with Gasteiger partial charge in [0, 0.05) is 24.7 Å². The summed E-state index contributed by atoms with van der Waals surface area (Å²) in [5.74, 6) is -1.05. The van der Waals surface area contributed by atoms with Gasteiger partial charge in [-0.3, -0.25) is 4.79 Å². The second kappa shape index (κ2) is 5.66. The number of carboxylic acid groups (broad SMARTS) is 1. The second-order valence-electron chi connectivity index (χ2n) is 4.80. The van der Waals surface area contributed by atoms with E-state index in [9.17, 15) is 9.59 Å². The zero-order valence-electron chi connectivity index (χ0n) is 10.9. The normalized spacial score (nSPS) is 11.3. The lowest BCUT2D eigenvalue weighted by Crippen LogP contribution is -2.37. The maximum absolute atomic E-state index is 11.8. The first-order chi connectivity index (χ1) is 8.36. The fourth-order valence-electron chi connectivity index (χ4n) is 1.29. The molecule has 0 radical (unpaired) electrons. The Morgan fingerprint density at radius 1 is 1.50 bits per heavy atom. The summed E-state index contributed by atoms with van der Waals surface area (Å²) in [6, 6.07) is 0. The molecule has 100 valence electrons. The average molecular weight is 253 g/mol. The molecule has 6 heteroatoms. The lowest BCUT2D eigenvalue weighted by Gasteiger charge is -2.21. The molecule has 1 amide bonds. The monoisotopic (exact) mass is 253 g/mol. The number of hydrogen-bond acceptors (Lipinski definition) is 3. The average Bonchev–Trinajstić information content (AvgIpc) is 2.77. The van der Waals surface area contributed by atoms with Crippen LogP contribution in [0.1, 0.15) is 37.7 Å². The lowest BCUT2D eigenvalue weighted by molar-refractivity contribution is -0.129. The molecular formula is C12H19N3O3. The lowest BCUT2D eigenvalue weighted by atomic mass is 9.89. The van der Waals surface area contributed by atoms with Crippen LogP contribution in [0.15, 0.2) is 12.5 Å². The Balaban J connectivity index is 2.42. The standard InChI is InChI=1S/C12H19N3O3/c1-4-12(2,3)11(18)13-5-6-15-7-9(10(16)17)14-8-15/h7-8H,4-6H2,1-3H3,(H,13,18)(H,16,17). The number of imidazole rings is 1. The first kappa shape index (κ1) is 14.2. The Bertz CT molecular complexity index is 438. The summed E-state index contributed by atoms with van der Waals surface area (Å²) < 4.78 is 1.64. The van der Waals surface area contributed by atoms with Crippen molar-refractivity contribution in [3.8, 4) is 0 Å². The van der Waals surface area contributed by atoms with Gasteiger partial charge in [0.2, 0.25) is 5.91 Å². The minimum atomic E-state index is -1.05. The highest BCUT2D eigenvalue weighted by atomic mass is 16.4. The number of nitrogens with one attached hydrogen (secondary N) is 1. The van der Waals surface area contributed by atoms with Gasteiger partial charge < -0.3 is 15.0 Å². The zero-order valence-corrected chi connectivity index (χ0v) is 10.9. The van der Waals surface area contributed by atoms with Crippen molar-refractivity contribution in [3.63, 3.8) is 0 Å². The van der Waals surface area contributed by atoms with E-state index in [1.165, 1.54) is 12.5 Å². The van der Waals surface area contributed by atoms with Crippen molar-refractivity contribution >= 4 is 11.9 Å². The second-order valence-corrected chi connectivity index (χ2v) is 4.80. The van der Waals surface area contributed by atoms with Gasteiger partial charge in [-0.25, -0.2) is 9.78 Å². The molecule has 1 aromatic heterocycles. The predicted octanol–water partition coefficient (Wildman–Crippen LogP) is 1.13. The van der Waals surface area contributed by atoms with Gasteiger partial charge in [0.05, 0.1) is 6.33 Å². The maximum Gasteiger partial charge on any atom is 0.356 e. The Kier molecular flexibility index (Phi) is 4.47. The molecule has 0 atom stereocenters. The van der Waals surface area contributed by atoms with Gasteiger partial charge in [0.1, 0.15) is 0 Å². The molecule has 6 nitrogen and oxygen atoms in total. The molecule has 0 aliphatic carbocycles. The van der Waals surface area contributed by atoms with Gasteiger partial charge >= 0.3 is 5.97 Å². The molecule has 0 saturated carbocycles. The highest BCUT2D eigenvalue weighted by Gasteiger charge is 2.24. The Morgan fingerprint density at radius 3 is 2.67 bits per heavy atom. The molecule has 0 spiro atoms.